The third-order valence-electron chi connectivity index (χ3n) is 3.42. The van der Waals surface area contributed by atoms with E-state index in [-0.39, 0.29) is 5.78 Å². The van der Waals surface area contributed by atoms with E-state index < -0.39 is 18.1 Å². The molecule has 0 fully saturated rings. The Kier molecular flexibility index (Phi) is 5.66. The van der Waals surface area contributed by atoms with Gasteiger partial charge >= 0.3 is 0 Å². The maximum absolute atomic E-state index is 11.8. The molecule has 4 heteroatoms. The minimum absolute atomic E-state index is 0.0262. The fraction of sp³-hybridized carbons (Fsp3) is 0.533. The van der Waals surface area contributed by atoms with E-state index in [9.17, 15) is 9.90 Å². The Morgan fingerprint density at radius 2 is 2.21 bits per heavy atom. The van der Waals surface area contributed by atoms with Crippen LogP contribution in [-0.2, 0) is 9.68 Å². The molecule has 0 aromatic rings. The summed E-state index contributed by atoms with van der Waals surface area (Å²) in [5, 5.41) is 18.5. The maximum Gasteiger partial charge on any atom is 0.168 e. The van der Waals surface area contributed by atoms with Crippen LogP contribution < -0.4 is 0 Å². The van der Waals surface area contributed by atoms with E-state index in [2.05, 4.69) is 11.5 Å². The highest BCUT2D eigenvalue weighted by Crippen LogP contribution is 2.25. The molecule has 1 unspecified atom stereocenters. The number of rotatable bonds is 6. The monoisotopic (exact) mass is 266 g/mol. The van der Waals surface area contributed by atoms with Gasteiger partial charge in [0, 0.05) is 0 Å². The summed E-state index contributed by atoms with van der Waals surface area (Å²) in [7, 11) is 0. The van der Waals surface area contributed by atoms with E-state index in [1.165, 1.54) is 0 Å². The van der Waals surface area contributed by atoms with Crippen LogP contribution in [0.1, 0.15) is 33.6 Å². The van der Waals surface area contributed by atoms with Crippen molar-refractivity contribution in [1.82, 2.24) is 0 Å². The molecule has 3 atom stereocenters. The summed E-state index contributed by atoms with van der Waals surface area (Å²) in [5.41, 5.74) is 2.36. The SMILES string of the molecule is C=C(C)C(CC/C(C)=C/[C@H]1C(=O)C(C)=C[C@@H]1O)OO. The summed E-state index contributed by atoms with van der Waals surface area (Å²) in [6.07, 6.45) is 3.53. The maximum atomic E-state index is 11.8. The first kappa shape index (κ1) is 15.8. The van der Waals surface area contributed by atoms with Gasteiger partial charge in [-0.05, 0) is 50.8 Å². The third kappa shape index (κ3) is 4.13. The Morgan fingerprint density at radius 3 is 2.63 bits per heavy atom. The molecule has 0 spiro atoms. The number of allylic oxidation sites excluding steroid dienone is 2. The van der Waals surface area contributed by atoms with Crippen LogP contribution in [0.15, 0.2) is 35.5 Å². The van der Waals surface area contributed by atoms with Crippen LogP contribution in [0, 0.1) is 5.92 Å². The van der Waals surface area contributed by atoms with E-state index in [1.807, 2.05) is 6.92 Å². The lowest BCUT2D eigenvalue weighted by atomic mass is 9.96. The summed E-state index contributed by atoms with van der Waals surface area (Å²) in [5.74, 6) is -0.500. The fourth-order valence-electron chi connectivity index (χ4n) is 2.17. The average Bonchev–Trinajstić information content (AvgIpc) is 2.56. The van der Waals surface area contributed by atoms with Gasteiger partial charge in [0.2, 0.25) is 0 Å². The zero-order valence-corrected chi connectivity index (χ0v) is 11.7. The fourth-order valence-corrected chi connectivity index (χ4v) is 2.17. The van der Waals surface area contributed by atoms with Gasteiger partial charge in [-0.2, -0.15) is 0 Å². The van der Waals surface area contributed by atoms with Crippen molar-refractivity contribution in [2.45, 2.75) is 45.8 Å². The number of hydrogen-bond acceptors (Lipinski definition) is 4. The normalized spacial score (nSPS) is 25.4. The Morgan fingerprint density at radius 1 is 1.58 bits per heavy atom. The zero-order valence-electron chi connectivity index (χ0n) is 11.7. The van der Waals surface area contributed by atoms with Crippen molar-refractivity contribution in [3.8, 4) is 0 Å². The predicted molar refractivity (Wildman–Crippen MR) is 73.6 cm³/mol. The Bertz CT molecular complexity index is 420. The quantitative estimate of drug-likeness (QED) is 0.440. The number of aliphatic hydroxyl groups excluding tert-OH is 1. The van der Waals surface area contributed by atoms with Crippen molar-refractivity contribution in [2.75, 3.05) is 0 Å². The van der Waals surface area contributed by atoms with E-state index in [0.717, 1.165) is 11.1 Å². The average molecular weight is 266 g/mol. The van der Waals surface area contributed by atoms with Crippen LogP contribution in [0.25, 0.3) is 0 Å². The second kappa shape index (κ2) is 6.80. The molecule has 0 amide bonds. The smallest absolute Gasteiger partial charge is 0.168 e. The molecule has 4 nitrogen and oxygen atoms in total. The minimum atomic E-state index is -0.728. The van der Waals surface area contributed by atoms with Crippen LogP contribution in [0.5, 0.6) is 0 Å². The second-order valence-electron chi connectivity index (χ2n) is 5.22. The van der Waals surface area contributed by atoms with Crippen LogP contribution in [0.3, 0.4) is 0 Å². The van der Waals surface area contributed by atoms with Crippen LogP contribution in [0.2, 0.25) is 0 Å². The molecule has 19 heavy (non-hydrogen) atoms. The van der Waals surface area contributed by atoms with Gasteiger partial charge < -0.3 is 5.11 Å². The number of carbonyl (C=O) groups excluding carboxylic acids is 1. The standard InChI is InChI=1S/C15H22O4/c1-9(2)14(19-18)6-5-10(3)7-12-13(16)8-11(4)15(12)17/h7-8,12-14,16,18H,1,5-6H2,2-4H3/b10-7+/t12-,13+,14?/m1/s1. The second-order valence-corrected chi connectivity index (χ2v) is 5.22. The van der Waals surface area contributed by atoms with Crippen molar-refractivity contribution in [1.29, 1.82) is 0 Å². The largest absolute Gasteiger partial charge is 0.388 e. The number of carbonyl (C=O) groups is 1. The van der Waals surface area contributed by atoms with Gasteiger partial charge in [-0.3, -0.25) is 10.1 Å². The van der Waals surface area contributed by atoms with Crippen LogP contribution in [0.4, 0.5) is 0 Å². The van der Waals surface area contributed by atoms with Gasteiger partial charge in [0.05, 0.1) is 12.0 Å². The number of ketones is 1. The van der Waals surface area contributed by atoms with Crippen molar-refractivity contribution < 1.29 is 20.0 Å². The van der Waals surface area contributed by atoms with Gasteiger partial charge in [0.25, 0.3) is 0 Å². The lowest BCUT2D eigenvalue weighted by molar-refractivity contribution is -0.269. The summed E-state index contributed by atoms with van der Waals surface area (Å²) in [6.45, 7) is 9.14. The lowest BCUT2D eigenvalue weighted by Gasteiger charge is -2.14. The molecule has 0 aromatic carbocycles. The van der Waals surface area contributed by atoms with Gasteiger partial charge in [0.15, 0.2) is 5.78 Å². The van der Waals surface area contributed by atoms with E-state index in [0.29, 0.717) is 18.4 Å². The van der Waals surface area contributed by atoms with Crippen LogP contribution in [-0.4, -0.2) is 28.4 Å². The minimum Gasteiger partial charge on any atom is -0.388 e. The van der Waals surface area contributed by atoms with E-state index >= 15 is 0 Å². The summed E-state index contributed by atoms with van der Waals surface area (Å²) in [6, 6.07) is 0. The Labute approximate surface area is 114 Å². The summed E-state index contributed by atoms with van der Waals surface area (Å²) in [4.78, 5) is 16.1. The zero-order chi connectivity index (χ0) is 14.6. The first-order valence-corrected chi connectivity index (χ1v) is 6.40. The summed E-state index contributed by atoms with van der Waals surface area (Å²) < 4.78 is 0. The summed E-state index contributed by atoms with van der Waals surface area (Å²) >= 11 is 0. The van der Waals surface area contributed by atoms with Crippen molar-refractivity contribution in [2.24, 2.45) is 5.92 Å². The molecule has 1 aliphatic rings. The molecule has 0 heterocycles. The van der Waals surface area contributed by atoms with Crippen LogP contribution >= 0.6 is 0 Å². The molecule has 0 aromatic heterocycles. The Hall–Kier alpha value is -1.23. The van der Waals surface area contributed by atoms with E-state index in [4.69, 9.17) is 5.26 Å². The number of hydrogen-bond donors (Lipinski definition) is 2. The molecule has 0 bridgehead atoms. The molecule has 1 rings (SSSR count). The number of Topliss-reactive ketones (excluding diaryl/α,β-unsaturated/α-hetero) is 1. The highest BCUT2D eigenvalue weighted by Gasteiger charge is 2.30. The van der Waals surface area contributed by atoms with Crippen molar-refractivity contribution in [3.05, 3.63) is 35.5 Å². The molecule has 106 valence electrons. The highest BCUT2D eigenvalue weighted by atomic mass is 17.1. The lowest BCUT2D eigenvalue weighted by Crippen LogP contribution is -2.19. The van der Waals surface area contributed by atoms with Crippen molar-refractivity contribution in [3.63, 3.8) is 0 Å². The first-order chi connectivity index (χ1) is 8.86. The van der Waals surface area contributed by atoms with Gasteiger partial charge in [-0.25, -0.2) is 4.89 Å². The predicted octanol–water partition coefficient (Wildman–Crippen LogP) is 2.65. The van der Waals surface area contributed by atoms with Crippen molar-refractivity contribution >= 4 is 5.78 Å². The van der Waals surface area contributed by atoms with E-state index in [1.54, 1.807) is 26.0 Å². The molecule has 0 saturated carbocycles. The molecular weight excluding hydrogens is 244 g/mol. The topological polar surface area (TPSA) is 66.8 Å². The first-order valence-electron chi connectivity index (χ1n) is 6.40. The third-order valence-corrected chi connectivity index (χ3v) is 3.42. The molecule has 0 radical (unpaired) electrons. The molecule has 0 saturated heterocycles. The number of aliphatic hydroxyl groups is 1. The molecular formula is C15H22O4. The van der Waals surface area contributed by atoms with Gasteiger partial charge in [0.1, 0.15) is 6.10 Å². The molecule has 2 N–H and O–H groups in total. The molecule has 0 aliphatic heterocycles. The van der Waals surface area contributed by atoms with Gasteiger partial charge in [-0.15, -0.1) is 0 Å². The van der Waals surface area contributed by atoms with Gasteiger partial charge in [-0.1, -0.05) is 18.2 Å². The molecule has 1 aliphatic carbocycles. The highest BCUT2D eigenvalue weighted by molar-refractivity contribution is 6.01. The Balaban J connectivity index is 2.59.